The quantitative estimate of drug-likeness (QED) is 0.905. The highest BCUT2D eigenvalue weighted by molar-refractivity contribution is 8.13. The molecule has 1 N–H and O–H groups in total. The first-order chi connectivity index (χ1) is 8.66. The van der Waals surface area contributed by atoms with E-state index in [2.05, 4.69) is 5.32 Å². The zero-order valence-corrected chi connectivity index (χ0v) is 11.1. The number of hydrogen-bond donors (Lipinski definition) is 1. The molecule has 0 spiro atoms. The van der Waals surface area contributed by atoms with E-state index in [1.54, 1.807) is 4.90 Å². The van der Waals surface area contributed by atoms with Crippen LogP contribution in [0.1, 0.15) is 18.5 Å². The molecular formula is C13H16N2O2S. The number of thioether (sulfide) groups is 1. The van der Waals surface area contributed by atoms with Crippen molar-refractivity contribution in [1.82, 2.24) is 10.2 Å². The highest BCUT2D eigenvalue weighted by atomic mass is 32.2. The van der Waals surface area contributed by atoms with E-state index in [1.165, 1.54) is 11.8 Å². The average Bonchev–Trinajstić information content (AvgIpc) is 2.76. The zero-order valence-electron chi connectivity index (χ0n) is 10.3. The highest BCUT2D eigenvalue weighted by Gasteiger charge is 2.23. The molecule has 1 aromatic rings. The van der Waals surface area contributed by atoms with Crippen molar-refractivity contribution in [3.63, 3.8) is 0 Å². The van der Waals surface area contributed by atoms with Crippen molar-refractivity contribution in [1.29, 1.82) is 0 Å². The fraction of sp³-hybridized carbons (Fsp3) is 0.385. The molecule has 0 saturated carbocycles. The SMILES string of the molecule is C[C@@H](NC(=O)CN1CCSC1=O)c1ccccc1. The van der Waals surface area contributed by atoms with E-state index in [4.69, 9.17) is 0 Å². The van der Waals surface area contributed by atoms with E-state index in [-0.39, 0.29) is 23.7 Å². The first-order valence-corrected chi connectivity index (χ1v) is 6.91. The van der Waals surface area contributed by atoms with Crippen LogP contribution in [0, 0.1) is 0 Å². The Kier molecular flexibility index (Phi) is 4.25. The number of carbonyl (C=O) groups is 2. The standard InChI is InChI=1S/C13H16N2O2S/c1-10(11-5-3-2-4-6-11)14-12(16)9-15-7-8-18-13(15)17/h2-6,10H,7-9H2,1H3,(H,14,16)/t10-/m1/s1. The van der Waals surface area contributed by atoms with E-state index in [0.29, 0.717) is 6.54 Å². The molecule has 1 fully saturated rings. The first-order valence-electron chi connectivity index (χ1n) is 5.93. The maximum atomic E-state index is 11.8. The normalized spacial score (nSPS) is 16.7. The van der Waals surface area contributed by atoms with Gasteiger partial charge in [0, 0.05) is 12.3 Å². The lowest BCUT2D eigenvalue weighted by molar-refractivity contribution is -0.122. The van der Waals surface area contributed by atoms with Crippen molar-refractivity contribution in [3.8, 4) is 0 Å². The molecule has 1 atom stereocenters. The van der Waals surface area contributed by atoms with Crippen molar-refractivity contribution in [3.05, 3.63) is 35.9 Å². The van der Waals surface area contributed by atoms with Crippen molar-refractivity contribution in [2.75, 3.05) is 18.8 Å². The minimum Gasteiger partial charge on any atom is -0.348 e. The van der Waals surface area contributed by atoms with Crippen LogP contribution in [0.25, 0.3) is 0 Å². The topological polar surface area (TPSA) is 49.4 Å². The Bertz CT molecular complexity index is 436. The third-order valence-electron chi connectivity index (χ3n) is 2.86. The first kappa shape index (κ1) is 13.0. The Morgan fingerprint density at radius 3 is 2.78 bits per heavy atom. The predicted octanol–water partition coefficient (Wildman–Crippen LogP) is 2.03. The zero-order chi connectivity index (χ0) is 13.0. The molecule has 2 rings (SSSR count). The fourth-order valence-corrected chi connectivity index (χ4v) is 2.68. The van der Waals surface area contributed by atoms with Gasteiger partial charge in [-0.3, -0.25) is 9.59 Å². The molecule has 96 valence electrons. The van der Waals surface area contributed by atoms with E-state index in [1.807, 2.05) is 37.3 Å². The van der Waals surface area contributed by atoms with Crippen molar-refractivity contribution in [2.24, 2.45) is 0 Å². The molecule has 18 heavy (non-hydrogen) atoms. The molecule has 1 aromatic carbocycles. The lowest BCUT2D eigenvalue weighted by atomic mass is 10.1. The molecule has 1 heterocycles. The second kappa shape index (κ2) is 5.91. The summed E-state index contributed by atoms with van der Waals surface area (Å²) in [5, 5.41) is 2.90. The second-order valence-corrected chi connectivity index (χ2v) is 5.28. The average molecular weight is 264 g/mol. The summed E-state index contributed by atoms with van der Waals surface area (Å²) in [5.41, 5.74) is 1.06. The number of nitrogens with zero attached hydrogens (tertiary/aromatic N) is 1. The van der Waals surface area contributed by atoms with Crippen LogP contribution in [-0.2, 0) is 4.79 Å². The van der Waals surface area contributed by atoms with Crippen molar-refractivity contribution in [2.45, 2.75) is 13.0 Å². The summed E-state index contributed by atoms with van der Waals surface area (Å²) in [6.07, 6.45) is 0. The summed E-state index contributed by atoms with van der Waals surface area (Å²) in [6.45, 7) is 2.76. The molecule has 0 radical (unpaired) electrons. The summed E-state index contributed by atoms with van der Waals surface area (Å²) in [4.78, 5) is 24.8. The monoisotopic (exact) mass is 264 g/mol. The van der Waals surface area contributed by atoms with Gasteiger partial charge in [0.25, 0.3) is 5.24 Å². The van der Waals surface area contributed by atoms with Crippen LogP contribution in [0.3, 0.4) is 0 Å². The van der Waals surface area contributed by atoms with E-state index in [0.717, 1.165) is 11.3 Å². The van der Waals surface area contributed by atoms with Gasteiger partial charge in [-0.15, -0.1) is 0 Å². The van der Waals surface area contributed by atoms with Gasteiger partial charge in [-0.2, -0.15) is 0 Å². The molecule has 5 heteroatoms. The van der Waals surface area contributed by atoms with Crippen LogP contribution < -0.4 is 5.32 Å². The minimum atomic E-state index is -0.109. The molecule has 0 aromatic heterocycles. The Morgan fingerprint density at radius 2 is 2.17 bits per heavy atom. The van der Waals surface area contributed by atoms with Crippen LogP contribution in [0.5, 0.6) is 0 Å². The largest absolute Gasteiger partial charge is 0.348 e. The lowest BCUT2D eigenvalue weighted by Crippen LogP contribution is -2.38. The maximum absolute atomic E-state index is 11.8. The van der Waals surface area contributed by atoms with Crippen LogP contribution >= 0.6 is 11.8 Å². The summed E-state index contributed by atoms with van der Waals surface area (Å²) < 4.78 is 0. The van der Waals surface area contributed by atoms with Gasteiger partial charge in [0.05, 0.1) is 6.04 Å². The van der Waals surface area contributed by atoms with Crippen LogP contribution in [0.15, 0.2) is 30.3 Å². The molecule has 0 unspecified atom stereocenters. The summed E-state index contributed by atoms with van der Waals surface area (Å²) in [6, 6.07) is 9.74. The smallest absolute Gasteiger partial charge is 0.282 e. The Balaban J connectivity index is 1.86. The Labute approximate surface area is 111 Å². The summed E-state index contributed by atoms with van der Waals surface area (Å²) in [5.74, 6) is 0.669. The summed E-state index contributed by atoms with van der Waals surface area (Å²) in [7, 11) is 0. The number of hydrogen-bond acceptors (Lipinski definition) is 3. The lowest BCUT2D eigenvalue weighted by Gasteiger charge is -2.18. The van der Waals surface area contributed by atoms with Gasteiger partial charge in [0.2, 0.25) is 5.91 Å². The fourth-order valence-electron chi connectivity index (χ4n) is 1.85. The van der Waals surface area contributed by atoms with Crippen LogP contribution in [-0.4, -0.2) is 34.9 Å². The van der Waals surface area contributed by atoms with Gasteiger partial charge in [-0.1, -0.05) is 42.1 Å². The Hall–Kier alpha value is -1.49. The number of carbonyl (C=O) groups excluding carboxylic acids is 2. The number of amides is 2. The van der Waals surface area contributed by atoms with Gasteiger partial charge in [0.15, 0.2) is 0 Å². The molecule has 1 aliphatic heterocycles. The van der Waals surface area contributed by atoms with Gasteiger partial charge < -0.3 is 10.2 Å². The van der Waals surface area contributed by atoms with Gasteiger partial charge >= 0.3 is 0 Å². The molecule has 0 aliphatic carbocycles. The molecule has 0 bridgehead atoms. The minimum absolute atomic E-state index is 0.00230. The Morgan fingerprint density at radius 1 is 1.44 bits per heavy atom. The molecule has 2 amide bonds. The third kappa shape index (κ3) is 3.26. The molecule has 4 nitrogen and oxygen atoms in total. The van der Waals surface area contributed by atoms with E-state index in [9.17, 15) is 9.59 Å². The molecule has 1 aliphatic rings. The van der Waals surface area contributed by atoms with Gasteiger partial charge in [-0.05, 0) is 12.5 Å². The number of benzene rings is 1. The van der Waals surface area contributed by atoms with Crippen LogP contribution in [0.2, 0.25) is 0 Å². The second-order valence-electron chi connectivity index (χ2n) is 4.24. The predicted molar refractivity (Wildman–Crippen MR) is 72.4 cm³/mol. The summed E-state index contributed by atoms with van der Waals surface area (Å²) >= 11 is 1.27. The maximum Gasteiger partial charge on any atom is 0.282 e. The van der Waals surface area contributed by atoms with E-state index >= 15 is 0 Å². The van der Waals surface area contributed by atoms with Crippen molar-refractivity contribution < 1.29 is 9.59 Å². The van der Waals surface area contributed by atoms with Crippen LogP contribution in [0.4, 0.5) is 4.79 Å². The van der Waals surface area contributed by atoms with Gasteiger partial charge in [-0.25, -0.2) is 0 Å². The molecular weight excluding hydrogens is 248 g/mol. The van der Waals surface area contributed by atoms with E-state index < -0.39 is 0 Å². The van der Waals surface area contributed by atoms with Crippen molar-refractivity contribution >= 4 is 22.9 Å². The third-order valence-corrected chi connectivity index (χ3v) is 3.75. The molecule has 1 saturated heterocycles. The van der Waals surface area contributed by atoms with Gasteiger partial charge in [0.1, 0.15) is 6.54 Å². The highest BCUT2D eigenvalue weighted by Crippen LogP contribution is 2.17. The number of nitrogens with one attached hydrogen (secondary N) is 1. The number of rotatable bonds is 4.